The molecule has 0 radical (unpaired) electrons. The van der Waals surface area contributed by atoms with E-state index in [0.29, 0.717) is 26.1 Å². The van der Waals surface area contributed by atoms with Gasteiger partial charge in [0.15, 0.2) is 0 Å². The van der Waals surface area contributed by atoms with Crippen molar-refractivity contribution < 1.29 is 19.1 Å². The van der Waals surface area contributed by atoms with Gasteiger partial charge in [0.1, 0.15) is 17.2 Å². The van der Waals surface area contributed by atoms with Crippen LogP contribution in [0.2, 0.25) is 0 Å². The average Bonchev–Trinajstić information content (AvgIpc) is 3.21. The first-order chi connectivity index (χ1) is 16.4. The molecule has 0 saturated carbocycles. The van der Waals surface area contributed by atoms with Crippen LogP contribution in [0, 0.1) is 5.92 Å². The predicted octanol–water partition coefficient (Wildman–Crippen LogP) is 4.89. The first-order valence-electron chi connectivity index (χ1n) is 12.4. The summed E-state index contributed by atoms with van der Waals surface area (Å²) in [6.45, 7) is 13.0. The summed E-state index contributed by atoms with van der Waals surface area (Å²) in [7, 11) is 0. The summed E-state index contributed by atoms with van der Waals surface area (Å²) in [4.78, 5) is 28.4. The second-order valence-electron chi connectivity index (χ2n) is 11.3. The molecule has 1 N–H and O–H groups in total. The van der Waals surface area contributed by atoms with Crippen LogP contribution in [0.3, 0.4) is 0 Å². The summed E-state index contributed by atoms with van der Waals surface area (Å²) in [6, 6.07) is 19.7. The molecule has 0 amide bonds. The third kappa shape index (κ3) is 8.18. The van der Waals surface area contributed by atoms with Crippen molar-refractivity contribution in [2.75, 3.05) is 13.1 Å². The van der Waals surface area contributed by atoms with E-state index in [1.165, 1.54) is 5.56 Å². The number of nitrogens with one attached hydrogen (secondary N) is 1. The van der Waals surface area contributed by atoms with Crippen molar-refractivity contribution in [2.24, 2.45) is 5.92 Å². The second kappa shape index (κ2) is 11.4. The summed E-state index contributed by atoms with van der Waals surface area (Å²) >= 11 is 0. The van der Waals surface area contributed by atoms with Crippen molar-refractivity contribution in [2.45, 2.75) is 77.8 Å². The molecule has 1 saturated heterocycles. The van der Waals surface area contributed by atoms with Gasteiger partial charge in [-0.25, -0.2) is 0 Å². The Labute approximate surface area is 210 Å². The van der Waals surface area contributed by atoms with Crippen molar-refractivity contribution in [3.05, 3.63) is 71.8 Å². The van der Waals surface area contributed by atoms with Crippen molar-refractivity contribution >= 4 is 11.9 Å². The lowest BCUT2D eigenvalue weighted by atomic mass is 10.0. The van der Waals surface area contributed by atoms with Crippen molar-refractivity contribution in [3.8, 4) is 0 Å². The molecule has 1 heterocycles. The van der Waals surface area contributed by atoms with Gasteiger partial charge in [-0.1, -0.05) is 60.7 Å². The minimum atomic E-state index is -0.611. The van der Waals surface area contributed by atoms with Gasteiger partial charge in [0, 0.05) is 25.7 Å². The number of carbonyl (C=O) groups excluding carboxylic acids is 2. The van der Waals surface area contributed by atoms with Crippen LogP contribution in [-0.2, 0) is 25.6 Å². The topological polar surface area (TPSA) is 67.9 Å². The first-order valence-corrected chi connectivity index (χ1v) is 12.4. The van der Waals surface area contributed by atoms with Crippen LogP contribution in [0.4, 0.5) is 0 Å². The van der Waals surface area contributed by atoms with Gasteiger partial charge in [-0.15, -0.1) is 0 Å². The number of hydrogen-bond donors (Lipinski definition) is 1. The standard InChI is InChI=1S/C29H40N2O4/c1-28(2,3)34-26(32)23-17-24(27(33)35-29(4,5)6)31(20-23)25(22-15-11-8-12-16-22)19-30-18-21-13-9-7-10-14-21/h7-16,23-25,30H,17-20H2,1-6H3/t23-,24+,25-/m1/s1. The zero-order chi connectivity index (χ0) is 25.6. The number of likely N-dealkylation sites (tertiary alicyclic amines) is 1. The maximum absolute atomic E-state index is 13.3. The number of ether oxygens (including phenoxy) is 2. The fraction of sp³-hybridized carbons (Fsp3) is 0.517. The summed E-state index contributed by atoms with van der Waals surface area (Å²) in [5.74, 6) is -0.961. The van der Waals surface area contributed by atoms with Gasteiger partial charge in [-0.05, 0) is 59.1 Å². The van der Waals surface area contributed by atoms with E-state index in [1.807, 2.05) is 77.9 Å². The molecule has 0 spiro atoms. The molecule has 35 heavy (non-hydrogen) atoms. The molecule has 190 valence electrons. The highest BCUT2D eigenvalue weighted by Crippen LogP contribution is 2.35. The van der Waals surface area contributed by atoms with Gasteiger partial charge in [-0.3, -0.25) is 14.5 Å². The highest BCUT2D eigenvalue weighted by Gasteiger charge is 2.46. The Bertz CT molecular complexity index is 964. The van der Waals surface area contributed by atoms with Crippen LogP contribution in [-0.4, -0.2) is 47.2 Å². The predicted molar refractivity (Wildman–Crippen MR) is 138 cm³/mol. The normalized spacial score (nSPS) is 19.8. The van der Waals surface area contributed by atoms with Gasteiger partial charge in [0.25, 0.3) is 0 Å². The Kier molecular flexibility index (Phi) is 8.73. The van der Waals surface area contributed by atoms with Crippen LogP contribution in [0.1, 0.15) is 65.1 Å². The SMILES string of the molecule is CC(C)(C)OC(=O)[C@@H]1C[C@@H](C(=O)OC(C)(C)C)N([C@H](CNCc2ccccc2)c2ccccc2)C1. The molecule has 1 fully saturated rings. The number of rotatable bonds is 8. The van der Waals surface area contributed by atoms with Crippen LogP contribution in [0.5, 0.6) is 0 Å². The van der Waals surface area contributed by atoms with E-state index in [-0.39, 0.29) is 18.0 Å². The van der Waals surface area contributed by atoms with E-state index in [4.69, 9.17) is 9.47 Å². The van der Waals surface area contributed by atoms with Crippen molar-refractivity contribution in [1.82, 2.24) is 10.2 Å². The number of nitrogens with zero attached hydrogens (tertiary/aromatic N) is 1. The zero-order valence-electron chi connectivity index (χ0n) is 21.9. The molecular weight excluding hydrogens is 440 g/mol. The van der Waals surface area contributed by atoms with Crippen LogP contribution >= 0.6 is 0 Å². The summed E-state index contributed by atoms with van der Waals surface area (Å²) in [5, 5.41) is 3.56. The van der Waals surface area contributed by atoms with E-state index >= 15 is 0 Å². The maximum atomic E-state index is 13.3. The first kappa shape index (κ1) is 26.9. The Morgan fingerprint density at radius 2 is 1.43 bits per heavy atom. The molecule has 0 aromatic heterocycles. The lowest BCUT2D eigenvalue weighted by Gasteiger charge is -2.34. The average molecular weight is 481 g/mol. The lowest BCUT2D eigenvalue weighted by Crippen LogP contribution is -2.45. The fourth-order valence-electron chi connectivity index (χ4n) is 4.41. The molecule has 3 atom stereocenters. The molecule has 2 aromatic carbocycles. The number of carbonyl (C=O) groups is 2. The number of esters is 2. The third-order valence-electron chi connectivity index (χ3n) is 5.85. The summed E-state index contributed by atoms with van der Waals surface area (Å²) in [5.41, 5.74) is 1.09. The Morgan fingerprint density at radius 3 is 2.00 bits per heavy atom. The Hall–Kier alpha value is -2.70. The van der Waals surface area contributed by atoms with Crippen molar-refractivity contribution in [3.63, 3.8) is 0 Å². The van der Waals surface area contributed by atoms with Gasteiger partial charge in [0.05, 0.1) is 5.92 Å². The molecule has 3 rings (SSSR count). The third-order valence-corrected chi connectivity index (χ3v) is 5.85. The van der Waals surface area contributed by atoms with E-state index in [0.717, 1.165) is 5.56 Å². The largest absolute Gasteiger partial charge is 0.460 e. The lowest BCUT2D eigenvalue weighted by molar-refractivity contribution is -0.161. The molecule has 6 nitrogen and oxygen atoms in total. The number of hydrogen-bond acceptors (Lipinski definition) is 6. The number of benzene rings is 2. The van der Waals surface area contributed by atoms with Crippen molar-refractivity contribution in [1.29, 1.82) is 0 Å². The zero-order valence-corrected chi connectivity index (χ0v) is 21.9. The highest BCUT2D eigenvalue weighted by molar-refractivity contribution is 5.80. The molecule has 6 heteroatoms. The molecular formula is C29H40N2O4. The van der Waals surface area contributed by atoms with Crippen LogP contribution in [0.25, 0.3) is 0 Å². The summed E-state index contributed by atoms with van der Waals surface area (Å²) < 4.78 is 11.5. The molecule has 1 aliphatic heterocycles. The second-order valence-corrected chi connectivity index (χ2v) is 11.3. The molecule has 2 aromatic rings. The maximum Gasteiger partial charge on any atom is 0.323 e. The minimum Gasteiger partial charge on any atom is -0.460 e. The molecule has 0 aliphatic carbocycles. The molecule has 1 aliphatic rings. The van der Waals surface area contributed by atoms with E-state index in [1.54, 1.807) is 0 Å². The Balaban J connectivity index is 1.86. The molecule has 0 bridgehead atoms. The van der Waals surface area contributed by atoms with E-state index in [9.17, 15) is 9.59 Å². The fourth-order valence-corrected chi connectivity index (χ4v) is 4.41. The monoisotopic (exact) mass is 480 g/mol. The molecule has 0 unspecified atom stereocenters. The minimum absolute atomic E-state index is 0.107. The van der Waals surface area contributed by atoms with Gasteiger partial charge < -0.3 is 14.8 Å². The van der Waals surface area contributed by atoms with Crippen LogP contribution in [0.15, 0.2) is 60.7 Å². The van der Waals surface area contributed by atoms with Gasteiger partial charge >= 0.3 is 11.9 Å². The van der Waals surface area contributed by atoms with E-state index < -0.39 is 23.2 Å². The summed E-state index contributed by atoms with van der Waals surface area (Å²) in [6.07, 6.45) is 0.381. The smallest absolute Gasteiger partial charge is 0.323 e. The van der Waals surface area contributed by atoms with Gasteiger partial charge in [-0.2, -0.15) is 0 Å². The van der Waals surface area contributed by atoms with Crippen LogP contribution < -0.4 is 5.32 Å². The highest BCUT2D eigenvalue weighted by atomic mass is 16.6. The van der Waals surface area contributed by atoms with E-state index in [2.05, 4.69) is 34.5 Å². The van der Waals surface area contributed by atoms with Gasteiger partial charge in [0.2, 0.25) is 0 Å². The quantitative estimate of drug-likeness (QED) is 0.543. The Morgan fingerprint density at radius 1 is 0.886 bits per heavy atom.